The Morgan fingerprint density at radius 3 is 2.52 bits per heavy atom. The summed E-state index contributed by atoms with van der Waals surface area (Å²) in [6, 6.07) is 13.7. The maximum Gasteiger partial charge on any atom is 0.255 e. The zero-order valence-corrected chi connectivity index (χ0v) is 15.4. The zero-order valence-electron chi connectivity index (χ0n) is 14.6. The Balaban J connectivity index is 1.62. The van der Waals surface area contributed by atoms with Crippen LogP contribution in [0.15, 0.2) is 60.1 Å². The van der Waals surface area contributed by atoms with Gasteiger partial charge in [-0.15, -0.1) is 11.3 Å². The second-order valence-electron chi connectivity index (χ2n) is 5.62. The lowest BCUT2D eigenvalue weighted by molar-refractivity contribution is -0.116. The van der Waals surface area contributed by atoms with E-state index in [4.69, 9.17) is 10.1 Å². The zero-order chi connectivity index (χ0) is 19.2. The minimum atomic E-state index is -0.273. The molecule has 0 bridgehead atoms. The fraction of sp³-hybridized carbons (Fsp3) is 0.105. The van der Waals surface area contributed by atoms with Crippen molar-refractivity contribution in [3.63, 3.8) is 0 Å². The summed E-state index contributed by atoms with van der Waals surface area (Å²) in [7, 11) is 1.54. The number of benzene rings is 2. The summed E-state index contributed by atoms with van der Waals surface area (Å²) in [5, 5.41) is 15.0. The molecule has 8 heteroatoms. The molecule has 3 aromatic rings. The number of para-hydroxylation sites is 2. The Morgan fingerprint density at radius 1 is 1.11 bits per heavy atom. The second kappa shape index (κ2) is 8.33. The summed E-state index contributed by atoms with van der Waals surface area (Å²) in [6.07, 6.45) is 1.69. The van der Waals surface area contributed by atoms with Crippen LogP contribution in [0.3, 0.4) is 0 Å². The smallest absolute Gasteiger partial charge is 0.255 e. The normalized spacial score (nSPS) is 10.3. The van der Waals surface area contributed by atoms with Crippen molar-refractivity contribution in [3.8, 4) is 5.75 Å². The van der Waals surface area contributed by atoms with Gasteiger partial charge in [-0.2, -0.15) is 0 Å². The van der Waals surface area contributed by atoms with Crippen molar-refractivity contribution in [2.75, 3.05) is 17.7 Å². The number of nitrogens with one attached hydrogen (secondary N) is 3. The molecule has 7 nitrogen and oxygen atoms in total. The lowest BCUT2D eigenvalue weighted by Gasteiger charge is -2.10. The number of thiazole rings is 1. The molecule has 3 N–H and O–H groups in total. The van der Waals surface area contributed by atoms with Crippen LogP contribution in [0, 0.1) is 5.41 Å². The molecule has 2 amide bonds. The molecule has 0 unspecified atom stereocenters. The Hall–Kier alpha value is -3.39. The predicted molar refractivity (Wildman–Crippen MR) is 104 cm³/mol. The fourth-order valence-electron chi connectivity index (χ4n) is 2.43. The molecular weight excluding hydrogens is 364 g/mol. The van der Waals surface area contributed by atoms with Crippen LogP contribution < -0.4 is 20.2 Å². The van der Waals surface area contributed by atoms with Gasteiger partial charge in [0.1, 0.15) is 12.3 Å². The summed E-state index contributed by atoms with van der Waals surface area (Å²) in [6.45, 7) is 0.0678. The van der Waals surface area contributed by atoms with Gasteiger partial charge in [0, 0.05) is 22.8 Å². The van der Waals surface area contributed by atoms with Gasteiger partial charge < -0.3 is 19.9 Å². The number of carbonyl (C=O) groups excluding carboxylic acids is 2. The molecular formula is C19H18N4O3S. The molecule has 0 aliphatic heterocycles. The van der Waals surface area contributed by atoms with Gasteiger partial charge in [-0.25, -0.2) is 0 Å². The second-order valence-corrected chi connectivity index (χ2v) is 6.51. The predicted octanol–water partition coefficient (Wildman–Crippen LogP) is 2.93. The molecule has 0 aliphatic carbocycles. The number of carbonyl (C=O) groups is 2. The van der Waals surface area contributed by atoms with Crippen LogP contribution in [0.2, 0.25) is 0 Å². The monoisotopic (exact) mass is 382 g/mol. The van der Waals surface area contributed by atoms with Crippen LogP contribution in [-0.4, -0.2) is 23.5 Å². The van der Waals surface area contributed by atoms with E-state index in [1.807, 2.05) is 12.1 Å². The van der Waals surface area contributed by atoms with Gasteiger partial charge in [0.25, 0.3) is 5.91 Å². The molecule has 1 aromatic heterocycles. The lowest BCUT2D eigenvalue weighted by Crippen LogP contribution is -2.23. The highest BCUT2D eigenvalue weighted by Gasteiger charge is 2.10. The Labute approximate surface area is 159 Å². The summed E-state index contributed by atoms with van der Waals surface area (Å²) in [5.41, 5.74) is 1.62. The SMILES string of the molecule is COc1ccccc1NC(=O)c1ccc(NC(=O)Cn2ccsc2=N)cc1. The number of rotatable bonds is 6. The summed E-state index contributed by atoms with van der Waals surface area (Å²) >= 11 is 1.26. The largest absolute Gasteiger partial charge is 0.495 e. The molecule has 138 valence electrons. The van der Waals surface area contributed by atoms with E-state index in [2.05, 4.69) is 10.6 Å². The Bertz CT molecular complexity index is 1010. The molecule has 0 radical (unpaired) electrons. The van der Waals surface area contributed by atoms with E-state index in [0.717, 1.165) is 0 Å². The van der Waals surface area contributed by atoms with Gasteiger partial charge >= 0.3 is 0 Å². The van der Waals surface area contributed by atoms with Gasteiger partial charge in [0.05, 0.1) is 12.8 Å². The minimum Gasteiger partial charge on any atom is -0.495 e. The van der Waals surface area contributed by atoms with Crippen molar-refractivity contribution in [1.29, 1.82) is 5.41 Å². The van der Waals surface area contributed by atoms with E-state index >= 15 is 0 Å². The van der Waals surface area contributed by atoms with Crippen LogP contribution >= 0.6 is 11.3 Å². The van der Waals surface area contributed by atoms with Gasteiger partial charge in [0.2, 0.25) is 5.91 Å². The average molecular weight is 382 g/mol. The number of ether oxygens (including phenoxy) is 1. The van der Waals surface area contributed by atoms with Crippen LogP contribution in [0.25, 0.3) is 0 Å². The third-order valence-electron chi connectivity index (χ3n) is 3.78. The maximum absolute atomic E-state index is 12.4. The van der Waals surface area contributed by atoms with Crippen molar-refractivity contribution in [1.82, 2.24) is 4.57 Å². The molecule has 0 saturated carbocycles. The van der Waals surface area contributed by atoms with E-state index in [9.17, 15) is 9.59 Å². The number of hydrogen-bond acceptors (Lipinski definition) is 5. The number of hydrogen-bond donors (Lipinski definition) is 3. The van der Waals surface area contributed by atoms with Crippen molar-refractivity contribution in [3.05, 3.63) is 70.5 Å². The van der Waals surface area contributed by atoms with Crippen LogP contribution in [0.1, 0.15) is 10.4 Å². The molecule has 0 atom stereocenters. The highest BCUT2D eigenvalue weighted by atomic mass is 32.1. The third kappa shape index (κ3) is 4.62. The molecule has 1 heterocycles. The van der Waals surface area contributed by atoms with Gasteiger partial charge in [0.15, 0.2) is 4.80 Å². The highest BCUT2D eigenvalue weighted by molar-refractivity contribution is 7.06. The maximum atomic E-state index is 12.4. The Morgan fingerprint density at radius 2 is 1.85 bits per heavy atom. The third-order valence-corrected chi connectivity index (χ3v) is 4.50. The number of anilines is 2. The highest BCUT2D eigenvalue weighted by Crippen LogP contribution is 2.23. The van der Waals surface area contributed by atoms with Crippen molar-refractivity contribution in [2.24, 2.45) is 0 Å². The Kier molecular flexibility index (Phi) is 5.68. The molecule has 0 aliphatic rings. The quantitative estimate of drug-likeness (QED) is 0.612. The minimum absolute atomic E-state index is 0.0678. The van der Waals surface area contributed by atoms with Crippen molar-refractivity contribution >= 4 is 34.5 Å². The van der Waals surface area contributed by atoms with E-state index in [1.54, 1.807) is 59.7 Å². The van der Waals surface area contributed by atoms with Crippen LogP contribution in [0.4, 0.5) is 11.4 Å². The van der Waals surface area contributed by atoms with Crippen LogP contribution in [-0.2, 0) is 11.3 Å². The molecule has 0 fully saturated rings. The molecule has 0 spiro atoms. The number of amides is 2. The first-order chi connectivity index (χ1) is 13.1. The van der Waals surface area contributed by atoms with Crippen molar-refractivity contribution < 1.29 is 14.3 Å². The van der Waals surface area contributed by atoms with E-state index in [-0.39, 0.29) is 18.4 Å². The number of aromatic nitrogens is 1. The van der Waals surface area contributed by atoms with Gasteiger partial charge in [-0.05, 0) is 36.4 Å². The fourth-order valence-corrected chi connectivity index (χ4v) is 3.03. The van der Waals surface area contributed by atoms with E-state index < -0.39 is 0 Å². The molecule has 2 aromatic carbocycles. The van der Waals surface area contributed by atoms with Crippen molar-refractivity contribution in [2.45, 2.75) is 6.54 Å². The van der Waals surface area contributed by atoms with Crippen LogP contribution in [0.5, 0.6) is 5.75 Å². The van der Waals surface area contributed by atoms with E-state index in [1.165, 1.54) is 11.3 Å². The van der Waals surface area contributed by atoms with Gasteiger partial charge in [-0.1, -0.05) is 12.1 Å². The number of nitrogens with zero attached hydrogens (tertiary/aromatic N) is 1. The first-order valence-electron chi connectivity index (χ1n) is 8.09. The standard InChI is InChI=1S/C19H18N4O3S/c1-26-16-5-3-2-4-15(16)22-18(25)13-6-8-14(9-7-13)21-17(24)12-23-10-11-27-19(23)20/h2-11,20H,12H2,1H3,(H,21,24)(H,22,25). The lowest BCUT2D eigenvalue weighted by atomic mass is 10.2. The first kappa shape index (κ1) is 18.4. The molecule has 27 heavy (non-hydrogen) atoms. The van der Waals surface area contributed by atoms with Gasteiger partial charge in [-0.3, -0.25) is 15.0 Å². The van der Waals surface area contributed by atoms with E-state index in [0.29, 0.717) is 27.5 Å². The molecule has 0 saturated heterocycles. The summed E-state index contributed by atoms with van der Waals surface area (Å²) in [5.74, 6) is 0.0672. The summed E-state index contributed by atoms with van der Waals surface area (Å²) in [4.78, 5) is 24.8. The topological polar surface area (TPSA) is 96.2 Å². The average Bonchev–Trinajstić information content (AvgIpc) is 3.07. The number of methoxy groups -OCH3 is 1. The molecule has 3 rings (SSSR count). The summed E-state index contributed by atoms with van der Waals surface area (Å²) < 4.78 is 6.77. The first-order valence-corrected chi connectivity index (χ1v) is 8.97.